The highest BCUT2D eigenvalue weighted by molar-refractivity contribution is 7.18. The Bertz CT molecular complexity index is 2260. The number of hydrogen-bond donors (Lipinski definition) is 5. The first kappa shape index (κ1) is 47.2. The van der Waals surface area contributed by atoms with Gasteiger partial charge < -0.3 is 44.9 Å². The molecule has 3 amide bonds. The second kappa shape index (κ2) is 25.2. The highest BCUT2D eigenvalue weighted by Gasteiger charge is 2.26. The number of imidazole rings is 2. The number of rotatable bonds is 9. The average Bonchev–Trinajstić information content (AvgIpc) is 4.14. The fourth-order valence-corrected chi connectivity index (χ4v) is 7.47. The highest BCUT2D eigenvalue weighted by atomic mass is 32.1. The minimum absolute atomic E-state index is 0.0344. The van der Waals surface area contributed by atoms with Crippen molar-refractivity contribution in [3.8, 4) is 28.2 Å². The molecule has 1 aromatic carbocycles. The van der Waals surface area contributed by atoms with Gasteiger partial charge in [-0.25, -0.2) is 14.8 Å². The Morgan fingerprint density at radius 1 is 0.902 bits per heavy atom. The lowest BCUT2D eigenvalue weighted by Crippen LogP contribution is -2.38. The minimum Gasteiger partial charge on any atom is -0.471 e. The van der Waals surface area contributed by atoms with Gasteiger partial charge in [0.15, 0.2) is 0 Å². The first-order chi connectivity index (χ1) is 29.7. The van der Waals surface area contributed by atoms with Crippen LogP contribution in [0.15, 0.2) is 90.1 Å². The molecular weight excluding hydrogens is 801 g/mol. The molecule has 0 aliphatic carbocycles. The monoisotopic (exact) mass is 856 g/mol. The fraction of sp³-hybridized carbons (Fsp3) is 0.372. The summed E-state index contributed by atoms with van der Waals surface area (Å²) in [7, 11) is 4.42. The summed E-state index contributed by atoms with van der Waals surface area (Å²) < 4.78 is 10.9. The molecule has 8 rings (SSSR count). The van der Waals surface area contributed by atoms with Gasteiger partial charge in [-0.2, -0.15) is 0 Å². The number of nitrogens with one attached hydrogen (secondary N) is 5. The Morgan fingerprint density at radius 2 is 1.51 bits per heavy atom. The van der Waals surface area contributed by atoms with Crippen LogP contribution in [0.2, 0.25) is 0 Å². The van der Waals surface area contributed by atoms with Gasteiger partial charge in [-0.15, -0.1) is 11.3 Å². The van der Waals surface area contributed by atoms with Gasteiger partial charge in [0.2, 0.25) is 11.8 Å². The number of H-pyrrole nitrogens is 3. The molecule has 1 atom stereocenters. The van der Waals surface area contributed by atoms with E-state index in [0.29, 0.717) is 6.47 Å². The number of pyridine rings is 1. The van der Waals surface area contributed by atoms with E-state index in [2.05, 4.69) is 58.9 Å². The average molecular weight is 857 g/mol. The quantitative estimate of drug-likeness (QED) is 0.109. The maximum atomic E-state index is 12.6. The second-order valence-electron chi connectivity index (χ2n) is 13.7. The van der Waals surface area contributed by atoms with Crippen molar-refractivity contribution < 1.29 is 28.7 Å². The predicted molar refractivity (Wildman–Crippen MR) is 236 cm³/mol. The van der Waals surface area contributed by atoms with Crippen LogP contribution < -0.4 is 16.2 Å². The van der Waals surface area contributed by atoms with E-state index in [1.165, 1.54) is 20.6 Å². The first-order valence-electron chi connectivity index (χ1n) is 20.1. The van der Waals surface area contributed by atoms with Crippen LogP contribution in [0, 0.1) is 0 Å². The third kappa shape index (κ3) is 13.5. The molecule has 5 aromatic heterocycles. The number of alkyl carbamates (subject to hydrolysis) is 1. The number of likely N-dealkylation sites (tertiary alicyclic amines) is 2. The van der Waals surface area contributed by atoms with Crippen molar-refractivity contribution in [3.63, 3.8) is 0 Å². The fourth-order valence-electron chi connectivity index (χ4n) is 6.43. The molecule has 7 heterocycles. The van der Waals surface area contributed by atoms with E-state index in [1.807, 2.05) is 59.9 Å². The highest BCUT2D eigenvalue weighted by Crippen LogP contribution is 2.35. The van der Waals surface area contributed by atoms with Crippen molar-refractivity contribution in [1.29, 1.82) is 0 Å². The molecule has 326 valence electrons. The van der Waals surface area contributed by atoms with E-state index >= 15 is 0 Å². The van der Waals surface area contributed by atoms with Gasteiger partial charge in [0, 0.05) is 61.1 Å². The van der Waals surface area contributed by atoms with Crippen LogP contribution in [0.4, 0.5) is 4.79 Å². The number of aromatic amines is 3. The van der Waals surface area contributed by atoms with E-state index < -0.39 is 6.09 Å². The summed E-state index contributed by atoms with van der Waals surface area (Å²) in [5.74, 6) is 0.161. The normalized spacial score (nSPS) is 13.2. The number of likely N-dealkylation sites (N-methyl/N-ethyl adjacent to an activating group) is 1. The molecule has 0 unspecified atom stereocenters. The van der Waals surface area contributed by atoms with E-state index in [1.54, 1.807) is 58.1 Å². The lowest BCUT2D eigenvalue weighted by Gasteiger charge is -2.23. The van der Waals surface area contributed by atoms with Crippen LogP contribution in [0.25, 0.3) is 38.4 Å². The van der Waals surface area contributed by atoms with E-state index in [9.17, 15) is 19.2 Å². The zero-order chi connectivity index (χ0) is 44.0. The number of benzene rings is 1. The molecule has 5 N–H and O–H groups in total. The van der Waals surface area contributed by atoms with Crippen molar-refractivity contribution >= 4 is 45.9 Å². The summed E-state index contributed by atoms with van der Waals surface area (Å²) in [6.07, 6.45) is 15.5. The molecule has 2 aliphatic rings. The summed E-state index contributed by atoms with van der Waals surface area (Å²) in [4.78, 5) is 76.9. The van der Waals surface area contributed by atoms with E-state index in [0.717, 1.165) is 95.8 Å². The zero-order valence-electron chi connectivity index (χ0n) is 35.3. The van der Waals surface area contributed by atoms with Crippen molar-refractivity contribution in [1.82, 2.24) is 49.9 Å². The van der Waals surface area contributed by atoms with Gasteiger partial charge in [-0.1, -0.05) is 50.6 Å². The number of nitrogens with zero attached hydrogens (tertiary/aromatic N) is 5. The number of amides is 3. The molecule has 0 radical (unpaired) electrons. The molecule has 0 bridgehead atoms. The maximum absolute atomic E-state index is 12.6. The Balaban J connectivity index is 0.000000197. The van der Waals surface area contributed by atoms with Gasteiger partial charge in [0.05, 0.1) is 66.6 Å². The molecule has 0 saturated carbocycles. The number of thiophene rings is 1. The van der Waals surface area contributed by atoms with Crippen LogP contribution in [0.5, 0.6) is 0 Å². The number of hydrogen-bond acceptors (Lipinski definition) is 11. The molecule has 2 saturated heterocycles. The smallest absolute Gasteiger partial charge is 0.407 e. The van der Waals surface area contributed by atoms with Gasteiger partial charge in [0.25, 0.3) is 12.0 Å². The lowest BCUT2D eigenvalue weighted by atomic mass is 10.1. The van der Waals surface area contributed by atoms with E-state index in [-0.39, 0.29) is 30.0 Å². The third-order valence-corrected chi connectivity index (χ3v) is 10.4. The second-order valence-corrected chi connectivity index (χ2v) is 14.6. The lowest BCUT2D eigenvalue weighted by molar-refractivity contribution is -0.132. The number of carbonyl (C=O) groups excluding carboxylic acids is 4. The largest absolute Gasteiger partial charge is 0.471 e. The van der Waals surface area contributed by atoms with E-state index in [4.69, 9.17) is 4.79 Å². The number of fused-ring (bicyclic) bond motifs is 1. The molecule has 0 spiro atoms. The van der Waals surface area contributed by atoms with Crippen LogP contribution in [0.3, 0.4) is 0 Å². The van der Waals surface area contributed by atoms with Crippen molar-refractivity contribution in [2.24, 2.45) is 0 Å². The number of carbonyl (C=O) groups is 4. The third-order valence-electron chi connectivity index (χ3n) is 9.36. The molecule has 17 nitrogen and oxygen atoms in total. The Labute approximate surface area is 358 Å². The van der Waals surface area contributed by atoms with Crippen molar-refractivity contribution in [2.75, 3.05) is 54.0 Å². The Morgan fingerprint density at radius 3 is 2.05 bits per heavy atom. The standard InChI is InChI=1S/C17H12N6OS.C13H18N2O.C8H14N2O3.C3H8.C2H4O2/c24-15-3-10(12-5-18-8-21-12)1-2-23(15)14-7-25-17-11(4-20-16(14)17)13-6-19-9-22-13;1-14-12(11-7-3-2-4-8-11)13(16)15-9-5-6-10-15;1-13-8(12)9-6-7(11)10-4-2-3-5-10;1-3-2;1-4-2-3/h1-9,20H,(H,18,21)(H,19,22);2-4,7-8,12,14H,5-6,9-10H2,1H3;2-6H2,1H3,(H,9,12);3H2,1-2H3;2H,1H3/t;12-;;;/m.1.../s1. The van der Waals surface area contributed by atoms with Gasteiger partial charge in [0.1, 0.15) is 12.6 Å². The summed E-state index contributed by atoms with van der Waals surface area (Å²) in [6.45, 7) is 8.09. The zero-order valence-corrected chi connectivity index (χ0v) is 36.1. The molecule has 61 heavy (non-hydrogen) atoms. The van der Waals surface area contributed by atoms with Crippen LogP contribution in [-0.2, 0) is 23.9 Å². The SMILES string of the molecule is CCC.CN[C@@H](C(=O)N1CCCC1)c1ccccc1.COC(=O)NCC(=O)N1CCCC1.COC=O.O=c1cc(-c2cnc[nH]2)ccn1-c1csc2c(-c3cnc[nH]3)c[nH]c12. The summed E-state index contributed by atoms with van der Waals surface area (Å²) in [6, 6.07) is 13.2. The number of aromatic nitrogens is 6. The first-order valence-corrected chi connectivity index (χ1v) is 20.9. The molecular formula is C43H56N10O7S. The minimum atomic E-state index is -0.562. The van der Waals surface area contributed by atoms with Crippen molar-refractivity contribution in [3.05, 3.63) is 101 Å². The molecule has 18 heteroatoms. The number of ether oxygens (including phenoxy) is 2. The van der Waals surface area contributed by atoms with Gasteiger partial charge in [-0.3, -0.25) is 23.7 Å². The summed E-state index contributed by atoms with van der Waals surface area (Å²) in [5, 5.41) is 7.44. The van der Waals surface area contributed by atoms with Gasteiger partial charge >= 0.3 is 6.09 Å². The van der Waals surface area contributed by atoms with Crippen molar-refractivity contribution in [2.45, 2.75) is 52.0 Å². The Hall–Kier alpha value is -6.53. The van der Waals surface area contributed by atoms with Gasteiger partial charge in [-0.05, 0) is 44.4 Å². The topological polar surface area (TPSA) is 212 Å². The van der Waals surface area contributed by atoms with Crippen LogP contribution in [-0.4, -0.2) is 118 Å². The number of methoxy groups -OCH3 is 2. The molecule has 2 fully saturated rings. The Kier molecular flexibility index (Phi) is 19.5. The van der Waals surface area contributed by atoms with Crippen LogP contribution in [0.1, 0.15) is 57.6 Å². The maximum Gasteiger partial charge on any atom is 0.407 e. The predicted octanol–water partition coefficient (Wildman–Crippen LogP) is 5.90. The molecule has 6 aromatic rings. The van der Waals surface area contributed by atoms with Crippen LogP contribution >= 0.6 is 11.3 Å². The summed E-state index contributed by atoms with van der Waals surface area (Å²) >= 11 is 1.60. The summed E-state index contributed by atoms with van der Waals surface area (Å²) in [5.41, 5.74) is 6.35. The molecule has 2 aliphatic heterocycles.